The van der Waals surface area contributed by atoms with E-state index in [4.69, 9.17) is 11.5 Å². The molecule has 5 rings (SSSR count). The predicted octanol–water partition coefficient (Wildman–Crippen LogP) is 3.75. The fourth-order valence-electron chi connectivity index (χ4n) is 7.74. The lowest BCUT2D eigenvalue weighted by molar-refractivity contribution is -0.142. The number of unbranched alkanes of at least 4 members (excludes halogenated alkanes) is 3. The van der Waals surface area contributed by atoms with Gasteiger partial charge in [-0.1, -0.05) is 81.1 Å². The molecule has 304 valence electrons. The summed E-state index contributed by atoms with van der Waals surface area (Å²) in [4.78, 5) is 73.6. The van der Waals surface area contributed by atoms with Gasteiger partial charge in [0.15, 0.2) is 0 Å². The molecule has 13 nitrogen and oxygen atoms in total. The molecule has 4 aromatic rings. The molecule has 0 radical (unpaired) electrons. The molecule has 5 atom stereocenters. The topological polar surface area (TPSA) is 213 Å². The Kier molecular flexibility index (Phi) is 14.9. The van der Waals surface area contributed by atoms with Crippen LogP contribution >= 0.6 is 0 Å². The van der Waals surface area contributed by atoms with Crippen LogP contribution in [0.2, 0.25) is 0 Å². The van der Waals surface area contributed by atoms with Gasteiger partial charge in [0.2, 0.25) is 29.5 Å². The number of fused-ring (bicyclic) bond motifs is 1. The van der Waals surface area contributed by atoms with Crippen molar-refractivity contribution in [2.75, 3.05) is 6.54 Å². The second-order valence-electron chi connectivity index (χ2n) is 15.2. The van der Waals surface area contributed by atoms with Crippen molar-refractivity contribution in [3.05, 3.63) is 101 Å². The highest BCUT2D eigenvalue weighted by Gasteiger charge is 2.40. The Bertz CT molecular complexity index is 2010. The summed E-state index contributed by atoms with van der Waals surface area (Å²) in [5.74, 6) is -2.64. The Morgan fingerprint density at radius 3 is 2.23 bits per heavy atom. The van der Waals surface area contributed by atoms with Gasteiger partial charge in [0.05, 0.1) is 6.04 Å². The van der Waals surface area contributed by atoms with E-state index in [2.05, 4.69) is 27.9 Å². The SMILES string of the molecule is CCCCCCC(N)C(=O)NC(Cc1c(C)cc(O)cc1C)C(=O)N1CCCC1C(=O)NC(Cc1c[nH]c2ccccc12)C(=O)NC(Cc1ccccc1)C(N)=O. The molecule has 1 aromatic heterocycles. The number of carbonyl (C=O) groups is 5. The molecule has 0 aliphatic carbocycles. The van der Waals surface area contributed by atoms with Crippen LogP contribution in [0.1, 0.15) is 79.7 Å². The molecular weight excluding hydrogens is 723 g/mol. The molecule has 5 amide bonds. The Morgan fingerprint density at radius 1 is 0.842 bits per heavy atom. The Labute approximate surface area is 334 Å². The third-order valence-electron chi connectivity index (χ3n) is 10.9. The quantitative estimate of drug-likeness (QED) is 0.0700. The number of likely N-dealkylation sites (tertiary alicyclic amines) is 1. The van der Waals surface area contributed by atoms with Crippen LogP contribution in [0.4, 0.5) is 0 Å². The number of primary amides is 1. The zero-order chi connectivity index (χ0) is 41.1. The number of nitrogens with zero attached hydrogens (tertiary/aromatic N) is 1. The van der Waals surface area contributed by atoms with E-state index in [1.807, 2.05) is 68.4 Å². The highest BCUT2D eigenvalue weighted by molar-refractivity contribution is 5.97. The monoisotopic (exact) mass is 779 g/mol. The van der Waals surface area contributed by atoms with Gasteiger partial charge in [-0.2, -0.15) is 0 Å². The first kappa shape index (κ1) is 42.5. The zero-order valence-electron chi connectivity index (χ0n) is 33.2. The van der Waals surface area contributed by atoms with E-state index in [-0.39, 0.29) is 31.6 Å². The fraction of sp³-hybridized carbons (Fsp3) is 0.432. The molecule has 1 fully saturated rings. The molecule has 13 heteroatoms. The van der Waals surface area contributed by atoms with E-state index >= 15 is 0 Å². The van der Waals surface area contributed by atoms with Gasteiger partial charge in [-0.25, -0.2) is 0 Å². The number of amides is 5. The minimum Gasteiger partial charge on any atom is -0.508 e. The highest BCUT2D eigenvalue weighted by Crippen LogP contribution is 2.25. The number of para-hydroxylation sites is 1. The molecule has 57 heavy (non-hydrogen) atoms. The second-order valence-corrected chi connectivity index (χ2v) is 15.2. The Hall–Kier alpha value is -5.69. The maximum Gasteiger partial charge on any atom is 0.246 e. The standard InChI is InChI=1S/C44H57N7O6/c1-4-5-6-10-17-34(45)41(54)50-38(25-33-27(2)21-31(52)22-28(33)3)44(57)51-20-13-19-39(51)43(56)49-37(24-30-26-47-35-18-12-11-16-32(30)35)42(55)48-36(40(46)53)23-29-14-8-7-9-15-29/h7-9,11-12,14-16,18,21-22,26,34,36-39,47,52H,4-6,10,13,17,19-20,23-25,45H2,1-3H3,(H2,46,53)(H,48,55)(H,49,56)(H,50,54). The van der Waals surface area contributed by atoms with Crippen molar-refractivity contribution in [2.24, 2.45) is 11.5 Å². The van der Waals surface area contributed by atoms with Crippen molar-refractivity contribution >= 4 is 40.4 Å². The maximum atomic E-state index is 14.5. The summed E-state index contributed by atoms with van der Waals surface area (Å²) in [7, 11) is 0. The molecule has 1 aliphatic heterocycles. The first-order valence-corrected chi connectivity index (χ1v) is 20.0. The fourth-order valence-corrected chi connectivity index (χ4v) is 7.74. The number of benzene rings is 3. The van der Waals surface area contributed by atoms with Crippen LogP contribution in [0.15, 0.2) is 72.9 Å². The number of nitrogens with one attached hydrogen (secondary N) is 4. The summed E-state index contributed by atoms with van der Waals surface area (Å²) in [5, 5.41) is 19.7. The number of aromatic hydroxyl groups is 1. The maximum absolute atomic E-state index is 14.5. The molecule has 5 unspecified atom stereocenters. The molecule has 0 saturated carbocycles. The molecule has 2 heterocycles. The largest absolute Gasteiger partial charge is 0.508 e. The van der Waals surface area contributed by atoms with Gasteiger partial charge in [0.1, 0.15) is 29.9 Å². The summed E-state index contributed by atoms with van der Waals surface area (Å²) < 4.78 is 0. The number of aromatic amines is 1. The van der Waals surface area contributed by atoms with Crippen LogP contribution in [0.5, 0.6) is 5.75 Å². The lowest BCUT2D eigenvalue weighted by Gasteiger charge is -2.31. The van der Waals surface area contributed by atoms with Crippen molar-refractivity contribution in [1.29, 1.82) is 0 Å². The molecule has 1 saturated heterocycles. The number of phenolic OH excluding ortho intramolecular Hbond substituents is 1. The minimum absolute atomic E-state index is 0.0906. The number of carbonyl (C=O) groups excluding carboxylic acids is 5. The Balaban J connectivity index is 1.38. The normalized spacial score (nSPS) is 16.1. The number of hydrogen-bond donors (Lipinski definition) is 7. The molecule has 0 bridgehead atoms. The van der Waals surface area contributed by atoms with Gasteiger partial charge in [0.25, 0.3) is 0 Å². The Morgan fingerprint density at radius 2 is 1.53 bits per heavy atom. The molecule has 0 spiro atoms. The molecule has 9 N–H and O–H groups in total. The summed E-state index contributed by atoms with van der Waals surface area (Å²) in [6.07, 6.45) is 7.32. The van der Waals surface area contributed by atoms with Crippen LogP contribution < -0.4 is 27.4 Å². The van der Waals surface area contributed by atoms with Crippen LogP contribution in [0.25, 0.3) is 10.9 Å². The first-order chi connectivity index (χ1) is 27.4. The van der Waals surface area contributed by atoms with Crippen molar-refractivity contribution < 1.29 is 29.1 Å². The number of rotatable bonds is 19. The number of aromatic nitrogens is 1. The van der Waals surface area contributed by atoms with Gasteiger partial charge in [0, 0.05) is 42.9 Å². The highest BCUT2D eigenvalue weighted by atomic mass is 16.3. The van der Waals surface area contributed by atoms with Crippen LogP contribution in [0.3, 0.4) is 0 Å². The van der Waals surface area contributed by atoms with Crippen molar-refractivity contribution in [2.45, 2.75) is 115 Å². The van der Waals surface area contributed by atoms with Gasteiger partial charge in [-0.05, 0) is 79.1 Å². The number of aryl methyl sites for hydroxylation is 2. The second kappa shape index (κ2) is 19.9. The van der Waals surface area contributed by atoms with Crippen LogP contribution in [-0.4, -0.2) is 81.3 Å². The summed E-state index contributed by atoms with van der Waals surface area (Å²) in [6.45, 7) is 6.03. The van der Waals surface area contributed by atoms with Crippen LogP contribution in [-0.2, 0) is 43.2 Å². The van der Waals surface area contributed by atoms with E-state index in [0.29, 0.717) is 19.3 Å². The average molecular weight is 780 g/mol. The van der Waals surface area contributed by atoms with E-state index in [1.165, 1.54) is 4.90 Å². The number of phenols is 1. The molecule has 3 aromatic carbocycles. The summed E-state index contributed by atoms with van der Waals surface area (Å²) in [5.41, 5.74) is 16.8. The van der Waals surface area contributed by atoms with Gasteiger partial charge >= 0.3 is 0 Å². The molecule has 1 aliphatic rings. The van der Waals surface area contributed by atoms with Gasteiger partial charge in [-0.15, -0.1) is 0 Å². The number of hydrogen-bond acceptors (Lipinski definition) is 7. The summed E-state index contributed by atoms with van der Waals surface area (Å²) >= 11 is 0. The summed E-state index contributed by atoms with van der Waals surface area (Å²) in [6, 6.07) is 15.0. The third-order valence-corrected chi connectivity index (χ3v) is 10.9. The van der Waals surface area contributed by atoms with E-state index in [0.717, 1.165) is 64.4 Å². The predicted molar refractivity (Wildman–Crippen MR) is 220 cm³/mol. The smallest absolute Gasteiger partial charge is 0.246 e. The average Bonchev–Trinajstić information content (AvgIpc) is 3.85. The van der Waals surface area contributed by atoms with E-state index in [9.17, 15) is 29.1 Å². The van der Waals surface area contributed by atoms with Crippen molar-refractivity contribution in [3.63, 3.8) is 0 Å². The first-order valence-electron chi connectivity index (χ1n) is 20.0. The van der Waals surface area contributed by atoms with Crippen molar-refractivity contribution in [3.8, 4) is 5.75 Å². The number of H-pyrrole nitrogens is 1. The van der Waals surface area contributed by atoms with Crippen LogP contribution in [0, 0.1) is 13.8 Å². The minimum atomic E-state index is -1.13. The third kappa shape index (κ3) is 11.2. The molecular formula is C44H57N7O6. The van der Waals surface area contributed by atoms with Gasteiger partial charge in [-0.3, -0.25) is 24.0 Å². The lowest BCUT2D eigenvalue weighted by Crippen LogP contribution is -2.59. The van der Waals surface area contributed by atoms with E-state index < -0.39 is 59.7 Å². The van der Waals surface area contributed by atoms with E-state index in [1.54, 1.807) is 18.3 Å². The number of nitrogens with two attached hydrogens (primary N) is 2. The van der Waals surface area contributed by atoms with Gasteiger partial charge < -0.3 is 42.4 Å². The zero-order valence-corrected chi connectivity index (χ0v) is 33.2. The van der Waals surface area contributed by atoms with Crippen molar-refractivity contribution in [1.82, 2.24) is 25.8 Å². The lowest BCUT2D eigenvalue weighted by atomic mass is 9.94.